The summed E-state index contributed by atoms with van der Waals surface area (Å²) in [5.41, 5.74) is 2.05. The van der Waals surface area contributed by atoms with Crippen molar-refractivity contribution >= 4 is 39.9 Å². The summed E-state index contributed by atoms with van der Waals surface area (Å²) in [5, 5.41) is 14.3. The van der Waals surface area contributed by atoms with Crippen LogP contribution in [0.5, 0.6) is 0 Å². The summed E-state index contributed by atoms with van der Waals surface area (Å²) in [6.45, 7) is 16.3. The number of likely N-dealkylation sites (N-methyl/N-ethyl adjacent to an activating group) is 1. The molecule has 0 saturated carbocycles. The van der Waals surface area contributed by atoms with Crippen molar-refractivity contribution in [3.63, 3.8) is 0 Å². The molecule has 9 nitrogen and oxygen atoms in total. The van der Waals surface area contributed by atoms with Crippen molar-refractivity contribution in [1.29, 1.82) is 0 Å². The second-order valence-corrected chi connectivity index (χ2v) is 9.00. The van der Waals surface area contributed by atoms with E-state index in [4.69, 9.17) is 14.5 Å². The Morgan fingerprint density at radius 1 is 1.08 bits per heavy atom. The highest BCUT2D eigenvalue weighted by molar-refractivity contribution is 6.08. The van der Waals surface area contributed by atoms with Gasteiger partial charge < -0.3 is 24.8 Å². The number of amides is 2. The van der Waals surface area contributed by atoms with Gasteiger partial charge in [-0.1, -0.05) is 45.9 Å². The lowest BCUT2D eigenvalue weighted by Crippen LogP contribution is -2.31. The summed E-state index contributed by atoms with van der Waals surface area (Å²) in [6.07, 6.45) is 0.448. The van der Waals surface area contributed by atoms with Crippen molar-refractivity contribution < 1.29 is 24.2 Å². The number of nitrogens with zero attached hydrogens (tertiary/aromatic N) is 3. The van der Waals surface area contributed by atoms with E-state index in [1.165, 1.54) is 4.90 Å². The maximum atomic E-state index is 12.6. The number of para-hydroxylation sites is 1. The van der Waals surface area contributed by atoms with Crippen molar-refractivity contribution in [2.75, 3.05) is 45.3 Å². The minimum Gasteiger partial charge on any atom is -0.390 e. The number of aliphatic hydroxyl groups is 1. The molecule has 9 heteroatoms. The number of carbonyl (C=O) groups is 2. The van der Waals surface area contributed by atoms with E-state index in [1.807, 2.05) is 65.8 Å². The van der Waals surface area contributed by atoms with Crippen LogP contribution >= 0.6 is 0 Å². The minimum absolute atomic E-state index is 0.175. The zero-order valence-corrected chi connectivity index (χ0v) is 24.6. The lowest BCUT2D eigenvalue weighted by atomic mass is 9.84. The molecule has 0 spiro atoms. The molecule has 1 aliphatic rings. The molecule has 2 heterocycles. The summed E-state index contributed by atoms with van der Waals surface area (Å²) in [7, 11) is 1.68. The molecule has 1 aliphatic heterocycles. The summed E-state index contributed by atoms with van der Waals surface area (Å²) in [5.74, 6) is -0.473. The predicted molar refractivity (Wildman–Crippen MR) is 154 cm³/mol. The van der Waals surface area contributed by atoms with Crippen LogP contribution in [0.15, 0.2) is 29.3 Å². The number of hydrogen-bond donors (Lipinski definition) is 2. The van der Waals surface area contributed by atoms with Crippen molar-refractivity contribution in [2.45, 2.75) is 73.3 Å². The van der Waals surface area contributed by atoms with Crippen LogP contribution in [0.1, 0.15) is 73.3 Å². The average Bonchev–Trinajstić information content (AvgIpc) is 3.26. The normalized spacial score (nSPS) is 13.9. The van der Waals surface area contributed by atoms with E-state index in [9.17, 15) is 14.7 Å². The van der Waals surface area contributed by atoms with Gasteiger partial charge in [-0.3, -0.25) is 14.6 Å². The number of carbonyl (C=O) groups excluding carboxylic acids is 2. The van der Waals surface area contributed by atoms with E-state index < -0.39 is 11.5 Å². The fourth-order valence-corrected chi connectivity index (χ4v) is 3.91. The minimum atomic E-state index is -0.931. The van der Waals surface area contributed by atoms with E-state index in [0.29, 0.717) is 43.2 Å². The molecule has 2 amide bonds. The van der Waals surface area contributed by atoms with Crippen LogP contribution in [0.25, 0.3) is 10.9 Å². The van der Waals surface area contributed by atoms with Gasteiger partial charge in [-0.25, -0.2) is 4.98 Å². The predicted octanol–water partition coefficient (Wildman–Crippen LogP) is 5.09. The van der Waals surface area contributed by atoms with Gasteiger partial charge in [0.2, 0.25) is 5.91 Å². The van der Waals surface area contributed by atoms with Gasteiger partial charge in [-0.05, 0) is 45.7 Å². The fraction of sp³-hybridized carbons (Fsp3) is 0.586. The third-order valence-electron chi connectivity index (χ3n) is 5.69. The van der Waals surface area contributed by atoms with Crippen LogP contribution in [0.2, 0.25) is 0 Å². The van der Waals surface area contributed by atoms with Crippen molar-refractivity contribution in [2.24, 2.45) is 4.99 Å². The quantitative estimate of drug-likeness (QED) is 0.418. The molecule has 1 unspecified atom stereocenters. The third-order valence-corrected chi connectivity index (χ3v) is 5.69. The maximum Gasteiger partial charge on any atom is 0.251 e. The van der Waals surface area contributed by atoms with E-state index in [1.54, 1.807) is 20.9 Å². The van der Waals surface area contributed by atoms with Gasteiger partial charge in [0.15, 0.2) is 5.82 Å². The molecule has 0 aliphatic carbocycles. The number of aliphatic imine (C=N–C) groups is 1. The molecular formula is C29H46N4O5. The highest BCUT2D eigenvalue weighted by Crippen LogP contribution is 2.46. The molecule has 0 saturated heterocycles. The summed E-state index contributed by atoms with van der Waals surface area (Å²) in [6, 6.07) is 7.67. The SMILES string of the molecule is CC.CC.CCOCC1=Nc2c(NC(=O)COCC(=O)N(C)CC)nc3ccccc3c2C1CC(C)(C)O. The van der Waals surface area contributed by atoms with Crippen LogP contribution < -0.4 is 5.32 Å². The largest absolute Gasteiger partial charge is 0.390 e. The molecule has 1 aromatic heterocycles. The number of anilines is 1. The molecule has 212 valence electrons. The van der Waals surface area contributed by atoms with Gasteiger partial charge in [0.25, 0.3) is 5.91 Å². The molecule has 0 fully saturated rings. The van der Waals surface area contributed by atoms with Crippen LogP contribution in [0, 0.1) is 0 Å². The third kappa shape index (κ3) is 9.15. The molecule has 38 heavy (non-hydrogen) atoms. The lowest BCUT2D eigenvalue weighted by Gasteiger charge is -2.24. The number of rotatable bonds is 11. The molecule has 1 aromatic carbocycles. The number of nitrogens with one attached hydrogen (secondary N) is 1. The van der Waals surface area contributed by atoms with Crippen molar-refractivity contribution in [1.82, 2.24) is 9.88 Å². The Morgan fingerprint density at radius 2 is 1.74 bits per heavy atom. The highest BCUT2D eigenvalue weighted by atomic mass is 16.5. The van der Waals surface area contributed by atoms with E-state index in [2.05, 4.69) is 10.3 Å². The standard InChI is InChI=1S/C25H34N4O5.2C2H6/c1-6-29(5)21(31)15-34-14-20(30)28-24-23-22(16-10-8-9-11-18(16)27-24)17(12-25(3,4)32)19(26-23)13-33-7-2;2*1-2/h8-11,17,32H,6-7,12-15H2,1-5H3,(H,27,28,30);2*1-2H3. The van der Waals surface area contributed by atoms with Gasteiger partial charge in [-0.2, -0.15) is 0 Å². The monoisotopic (exact) mass is 530 g/mol. The Kier molecular flexibility index (Phi) is 14.1. The first-order valence-corrected chi connectivity index (χ1v) is 13.6. The summed E-state index contributed by atoms with van der Waals surface area (Å²) >= 11 is 0. The highest BCUT2D eigenvalue weighted by Gasteiger charge is 2.35. The first-order chi connectivity index (χ1) is 18.1. The molecular weight excluding hydrogens is 484 g/mol. The van der Waals surface area contributed by atoms with Gasteiger partial charge in [0.1, 0.15) is 18.9 Å². The van der Waals surface area contributed by atoms with Gasteiger partial charge in [-0.15, -0.1) is 0 Å². The second kappa shape index (κ2) is 16.2. The van der Waals surface area contributed by atoms with Gasteiger partial charge >= 0.3 is 0 Å². The first-order valence-electron chi connectivity index (χ1n) is 13.6. The second-order valence-electron chi connectivity index (χ2n) is 9.00. The Labute approximate surface area is 227 Å². The van der Waals surface area contributed by atoms with Crippen LogP contribution in [-0.2, 0) is 19.1 Å². The van der Waals surface area contributed by atoms with Crippen molar-refractivity contribution in [3.05, 3.63) is 29.8 Å². The zero-order valence-electron chi connectivity index (χ0n) is 24.6. The molecule has 2 aromatic rings. The van der Waals surface area contributed by atoms with Crippen LogP contribution in [0.4, 0.5) is 11.5 Å². The Morgan fingerprint density at radius 3 is 2.34 bits per heavy atom. The molecule has 0 bridgehead atoms. The van der Waals surface area contributed by atoms with E-state index in [0.717, 1.165) is 16.7 Å². The Balaban J connectivity index is 0.00000172. The smallest absolute Gasteiger partial charge is 0.251 e. The van der Waals surface area contributed by atoms with Gasteiger partial charge in [0, 0.05) is 31.5 Å². The number of ether oxygens (including phenoxy) is 2. The van der Waals surface area contributed by atoms with Crippen LogP contribution in [0.3, 0.4) is 0 Å². The maximum absolute atomic E-state index is 12.6. The van der Waals surface area contributed by atoms with Gasteiger partial charge in [0.05, 0.1) is 23.4 Å². The lowest BCUT2D eigenvalue weighted by molar-refractivity contribution is -0.136. The first kappa shape index (κ1) is 33.1. The van der Waals surface area contributed by atoms with Crippen molar-refractivity contribution in [3.8, 4) is 0 Å². The summed E-state index contributed by atoms with van der Waals surface area (Å²) in [4.78, 5) is 35.5. The Bertz CT molecular complexity index is 1080. The van der Waals surface area contributed by atoms with Crippen LogP contribution in [-0.4, -0.2) is 78.1 Å². The zero-order chi connectivity index (χ0) is 28.9. The molecule has 3 rings (SSSR count). The summed E-state index contributed by atoms with van der Waals surface area (Å²) < 4.78 is 11.0. The Hall–Kier alpha value is -2.88. The number of pyridine rings is 1. The average molecular weight is 531 g/mol. The number of fused-ring (bicyclic) bond motifs is 3. The topological polar surface area (TPSA) is 113 Å². The molecule has 0 radical (unpaired) electrons. The number of aromatic nitrogens is 1. The number of hydrogen-bond acceptors (Lipinski definition) is 7. The molecule has 1 atom stereocenters. The number of benzene rings is 1. The molecule has 2 N–H and O–H groups in total. The van der Waals surface area contributed by atoms with E-state index >= 15 is 0 Å². The van der Waals surface area contributed by atoms with E-state index in [-0.39, 0.29) is 25.0 Å². The fourth-order valence-electron chi connectivity index (χ4n) is 3.91.